The fraction of sp³-hybridized carbons (Fsp3) is 0.462. The third-order valence-corrected chi connectivity index (χ3v) is 3.00. The minimum atomic E-state index is -0.473. The van der Waals surface area contributed by atoms with E-state index in [1.54, 1.807) is 18.2 Å². The van der Waals surface area contributed by atoms with E-state index in [-0.39, 0.29) is 19.1 Å². The van der Waals surface area contributed by atoms with Crippen LogP contribution in [0.25, 0.3) is 0 Å². The van der Waals surface area contributed by atoms with Crippen molar-refractivity contribution in [3.63, 3.8) is 0 Å². The Morgan fingerprint density at radius 3 is 2.68 bits per heavy atom. The van der Waals surface area contributed by atoms with Crippen molar-refractivity contribution in [2.75, 3.05) is 13.2 Å². The van der Waals surface area contributed by atoms with Crippen molar-refractivity contribution in [2.45, 2.75) is 25.8 Å². The van der Waals surface area contributed by atoms with E-state index in [1.807, 2.05) is 13.8 Å². The van der Waals surface area contributed by atoms with Gasteiger partial charge in [-0.25, -0.2) is 0 Å². The van der Waals surface area contributed by atoms with Gasteiger partial charge < -0.3 is 15.2 Å². The lowest BCUT2D eigenvalue weighted by atomic mass is 10.0. The number of halogens is 2. The Morgan fingerprint density at radius 1 is 1.42 bits per heavy atom. The molecule has 0 aliphatic rings. The highest BCUT2D eigenvalue weighted by atomic mass is 35.5. The molecule has 6 heteroatoms. The average molecular weight is 306 g/mol. The summed E-state index contributed by atoms with van der Waals surface area (Å²) in [5.74, 6) is 0.130. The average Bonchev–Trinajstić information content (AvgIpc) is 2.26. The molecule has 4 nitrogen and oxygen atoms in total. The number of ether oxygens (including phenoxy) is 1. The summed E-state index contributed by atoms with van der Waals surface area (Å²) in [6, 6.07) is 4.79. The predicted octanol–water partition coefficient (Wildman–Crippen LogP) is 2.65. The second-order valence-corrected chi connectivity index (χ2v) is 5.61. The van der Waals surface area contributed by atoms with Crippen LogP contribution in [0.1, 0.15) is 20.3 Å². The van der Waals surface area contributed by atoms with Crippen LogP contribution in [-0.2, 0) is 4.79 Å². The molecule has 0 saturated carbocycles. The standard InChI is InChI=1S/C13H17Cl2NO3/c1-13(2,5-6-17)16-12(18)8-19-11-4-3-9(14)7-10(11)15/h3-4,7,17H,5-6,8H2,1-2H3,(H,16,18). The SMILES string of the molecule is CC(C)(CCO)NC(=O)COc1ccc(Cl)cc1Cl. The van der Waals surface area contributed by atoms with Gasteiger partial charge in [0, 0.05) is 17.2 Å². The van der Waals surface area contributed by atoms with Gasteiger partial charge in [-0.1, -0.05) is 23.2 Å². The van der Waals surface area contributed by atoms with Gasteiger partial charge in [0.1, 0.15) is 5.75 Å². The minimum absolute atomic E-state index is 0.0111. The van der Waals surface area contributed by atoms with E-state index >= 15 is 0 Å². The van der Waals surface area contributed by atoms with Gasteiger partial charge in [-0.2, -0.15) is 0 Å². The molecule has 106 valence electrons. The van der Waals surface area contributed by atoms with Gasteiger partial charge in [0.25, 0.3) is 5.91 Å². The zero-order chi connectivity index (χ0) is 14.5. The molecule has 0 atom stereocenters. The van der Waals surface area contributed by atoms with Crippen molar-refractivity contribution in [3.05, 3.63) is 28.2 Å². The zero-order valence-electron chi connectivity index (χ0n) is 10.9. The van der Waals surface area contributed by atoms with Crippen molar-refractivity contribution >= 4 is 29.1 Å². The van der Waals surface area contributed by atoms with Crippen LogP contribution >= 0.6 is 23.2 Å². The molecule has 0 spiro atoms. The highest BCUT2D eigenvalue weighted by Gasteiger charge is 2.19. The van der Waals surface area contributed by atoms with Crippen LogP contribution in [0.3, 0.4) is 0 Å². The Hall–Kier alpha value is -0.970. The molecular weight excluding hydrogens is 289 g/mol. The number of benzene rings is 1. The quantitative estimate of drug-likeness (QED) is 0.849. The van der Waals surface area contributed by atoms with Crippen molar-refractivity contribution in [1.82, 2.24) is 5.32 Å². The molecule has 1 amide bonds. The smallest absolute Gasteiger partial charge is 0.258 e. The van der Waals surface area contributed by atoms with E-state index in [1.165, 1.54) is 0 Å². The van der Waals surface area contributed by atoms with Crippen LogP contribution in [0, 0.1) is 0 Å². The van der Waals surface area contributed by atoms with E-state index in [0.29, 0.717) is 22.2 Å². The Kier molecular flexibility index (Phi) is 5.91. The number of hydrogen-bond acceptors (Lipinski definition) is 3. The van der Waals surface area contributed by atoms with Crippen LogP contribution in [0.15, 0.2) is 18.2 Å². The molecule has 0 aliphatic heterocycles. The monoisotopic (exact) mass is 305 g/mol. The van der Waals surface area contributed by atoms with Crippen LogP contribution in [-0.4, -0.2) is 29.8 Å². The lowest BCUT2D eigenvalue weighted by Crippen LogP contribution is -2.46. The van der Waals surface area contributed by atoms with Crippen molar-refractivity contribution in [2.24, 2.45) is 0 Å². The second-order valence-electron chi connectivity index (χ2n) is 4.77. The fourth-order valence-corrected chi connectivity index (χ4v) is 1.95. The number of nitrogens with one attached hydrogen (secondary N) is 1. The molecule has 0 bridgehead atoms. The summed E-state index contributed by atoms with van der Waals surface area (Å²) in [6.07, 6.45) is 0.473. The first-order chi connectivity index (χ1) is 8.84. The molecular formula is C13H17Cl2NO3. The number of aliphatic hydroxyl groups excluding tert-OH is 1. The van der Waals surface area contributed by atoms with Gasteiger partial charge >= 0.3 is 0 Å². The highest BCUT2D eigenvalue weighted by molar-refractivity contribution is 6.35. The summed E-state index contributed by atoms with van der Waals surface area (Å²) >= 11 is 11.7. The molecule has 0 radical (unpaired) electrons. The maximum Gasteiger partial charge on any atom is 0.258 e. The summed E-state index contributed by atoms with van der Waals surface area (Å²) in [4.78, 5) is 11.7. The Balaban J connectivity index is 2.50. The van der Waals surface area contributed by atoms with Gasteiger partial charge in [-0.3, -0.25) is 4.79 Å². The Morgan fingerprint density at radius 2 is 2.11 bits per heavy atom. The Bertz CT molecular complexity index is 450. The van der Waals surface area contributed by atoms with Crippen molar-refractivity contribution in [3.8, 4) is 5.75 Å². The third kappa shape index (κ3) is 5.68. The number of hydrogen-bond donors (Lipinski definition) is 2. The van der Waals surface area contributed by atoms with Crippen LogP contribution < -0.4 is 10.1 Å². The van der Waals surface area contributed by atoms with E-state index < -0.39 is 5.54 Å². The molecule has 0 unspecified atom stereocenters. The second kappa shape index (κ2) is 6.98. The number of amides is 1. The third-order valence-electron chi connectivity index (χ3n) is 2.47. The molecule has 0 saturated heterocycles. The Labute approximate surface area is 122 Å². The molecule has 0 aromatic heterocycles. The largest absolute Gasteiger partial charge is 0.482 e. The number of aliphatic hydroxyl groups is 1. The maximum absolute atomic E-state index is 11.7. The van der Waals surface area contributed by atoms with Crippen molar-refractivity contribution in [1.29, 1.82) is 0 Å². The first-order valence-corrected chi connectivity index (χ1v) is 6.59. The van der Waals surface area contributed by atoms with E-state index in [2.05, 4.69) is 5.32 Å². The van der Waals surface area contributed by atoms with Gasteiger partial charge in [-0.15, -0.1) is 0 Å². The van der Waals surface area contributed by atoms with E-state index in [0.717, 1.165) is 0 Å². The van der Waals surface area contributed by atoms with Gasteiger partial charge in [0.2, 0.25) is 0 Å². The lowest BCUT2D eigenvalue weighted by molar-refractivity contribution is -0.124. The first kappa shape index (κ1) is 16.1. The van der Waals surface area contributed by atoms with Crippen LogP contribution in [0.2, 0.25) is 10.0 Å². The molecule has 19 heavy (non-hydrogen) atoms. The predicted molar refractivity (Wildman–Crippen MR) is 75.9 cm³/mol. The molecule has 0 heterocycles. The zero-order valence-corrected chi connectivity index (χ0v) is 12.4. The van der Waals surface area contributed by atoms with E-state index in [4.69, 9.17) is 33.0 Å². The minimum Gasteiger partial charge on any atom is -0.482 e. The number of rotatable bonds is 6. The topological polar surface area (TPSA) is 58.6 Å². The van der Waals surface area contributed by atoms with Crippen molar-refractivity contribution < 1.29 is 14.6 Å². The lowest BCUT2D eigenvalue weighted by Gasteiger charge is -2.25. The molecule has 1 aromatic carbocycles. The van der Waals surface area contributed by atoms with E-state index in [9.17, 15) is 4.79 Å². The number of carbonyl (C=O) groups is 1. The normalized spacial score (nSPS) is 11.2. The molecule has 1 aromatic rings. The first-order valence-electron chi connectivity index (χ1n) is 5.84. The molecule has 0 aliphatic carbocycles. The summed E-state index contributed by atoms with van der Waals surface area (Å²) in [5, 5.41) is 12.5. The van der Waals surface area contributed by atoms with Crippen LogP contribution in [0.4, 0.5) is 0 Å². The van der Waals surface area contributed by atoms with Crippen LogP contribution in [0.5, 0.6) is 5.75 Å². The summed E-state index contributed by atoms with van der Waals surface area (Å²) in [5.41, 5.74) is -0.473. The summed E-state index contributed by atoms with van der Waals surface area (Å²) in [6.45, 7) is 3.53. The molecule has 2 N–H and O–H groups in total. The summed E-state index contributed by atoms with van der Waals surface area (Å²) < 4.78 is 5.31. The summed E-state index contributed by atoms with van der Waals surface area (Å²) in [7, 11) is 0. The van der Waals surface area contributed by atoms with Gasteiger partial charge in [-0.05, 0) is 38.5 Å². The number of carbonyl (C=O) groups excluding carboxylic acids is 1. The highest BCUT2D eigenvalue weighted by Crippen LogP contribution is 2.27. The van der Waals surface area contributed by atoms with Gasteiger partial charge in [0.05, 0.1) is 5.02 Å². The van der Waals surface area contributed by atoms with Gasteiger partial charge in [0.15, 0.2) is 6.61 Å². The maximum atomic E-state index is 11.7. The fourth-order valence-electron chi connectivity index (χ4n) is 1.49. The molecule has 1 rings (SSSR count). The molecule has 0 fully saturated rings.